The van der Waals surface area contributed by atoms with Gasteiger partial charge in [0.25, 0.3) is 5.91 Å². The van der Waals surface area contributed by atoms with Crippen LogP contribution in [0.4, 0.5) is 0 Å². The first-order chi connectivity index (χ1) is 15.6. The summed E-state index contributed by atoms with van der Waals surface area (Å²) in [6.07, 6.45) is 3.29. The molecule has 2 heterocycles. The van der Waals surface area contributed by atoms with Crippen molar-refractivity contribution in [2.24, 2.45) is 4.99 Å². The minimum Gasteiger partial charge on any atom is -0.469 e. The zero-order chi connectivity index (χ0) is 22.6. The van der Waals surface area contributed by atoms with Crippen molar-refractivity contribution in [2.75, 3.05) is 66.6 Å². The van der Waals surface area contributed by atoms with Gasteiger partial charge in [-0.05, 0) is 36.2 Å². The summed E-state index contributed by atoms with van der Waals surface area (Å²) in [5, 5.41) is 6.83. The van der Waals surface area contributed by atoms with Gasteiger partial charge < -0.3 is 24.7 Å². The fourth-order valence-corrected chi connectivity index (χ4v) is 3.50. The van der Waals surface area contributed by atoms with Crippen LogP contribution in [0.5, 0.6) is 0 Å². The van der Waals surface area contributed by atoms with E-state index in [2.05, 4.69) is 15.5 Å². The molecule has 0 radical (unpaired) electrons. The van der Waals surface area contributed by atoms with Gasteiger partial charge in [0.15, 0.2) is 5.96 Å². The number of aliphatic imine (C=N–C) groups is 1. The Morgan fingerprint density at radius 2 is 1.85 bits per heavy atom. The Bertz CT molecular complexity index is 852. The first-order valence-electron chi connectivity index (χ1n) is 11.3. The van der Waals surface area contributed by atoms with Crippen molar-refractivity contribution in [2.45, 2.75) is 12.8 Å². The SMILES string of the molecule is CN(C)C(=O)c1cccc(CCNC(=NCCN2CCOCC2)NCCc2ccco2)c1.I. The summed E-state index contributed by atoms with van der Waals surface area (Å²) < 4.78 is 10.8. The molecule has 1 aromatic heterocycles. The predicted molar refractivity (Wildman–Crippen MR) is 142 cm³/mol. The van der Waals surface area contributed by atoms with Crippen molar-refractivity contribution in [1.29, 1.82) is 0 Å². The van der Waals surface area contributed by atoms with Crippen molar-refractivity contribution < 1.29 is 13.9 Å². The second-order valence-corrected chi connectivity index (χ2v) is 8.02. The standard InChI is InChI=1S/C24H35N5O3.HI/c1-28(2)23(30)21-6-3-5-20(19-21)8-10-25-24(26-11-9-22-7-4-16-32-22)27-12-13-29-14-17-31-18-15-29;/h3-7,16,19H,8-15,17-18H2,1-2H3,(H2,25,26,27);1H. The molecule has 0 atom stereocenters. The number of amides is 1. The van der Waals surface area contributed by atoms with Gasteiger partial charge in [-0.1, -0.05) is 12.1 Å². The van der Waals surface area contributed by atoms with E-state index in [1.54, 1.807) is 25.3 Å². The van der Waals surface area contributed by atoms with Gasteiger partial charge in [0.2, 0.25) is 0 Å². The number of rotatable bonds is 10. The Morgan fingerprint density at radius 1 is 1.09 bits per heavy atom. The smallest absolute Gasteiger partial charge is 0.253 e. The molecule has 33 heavy (non-hydrogen) atoms. The topological polar surface area (TPSA) is 82.3 Å². The van der Waals surface area contributed by atoms with Gasteiger partial charge in [-0.25, -0.2) is 0 Å². The Morgan fingerprint density at radius 3 is 2.55 bits per heavy atom. The van der Waals surface area contributed by atoms with E-state index < -0.39 is 0 Å². The van der Waals surface area contributed by atoms with E-state index in [-0.39, 0.29) is 29.9 Å². The molecule has 0 spiro atoms. The highest BCUT2D eigenvalue weighted by Crippen LogP contribution is 2.08. The Kier molecular flexibility index (Phi) is 12.3. The molecule has 1 aliphatic rings. The van der Waals surface area contributed by atoms with Crippen LogP contribution in [0.25, 0.3) is 0 Å². The molecule has 1 aliphatic heterocycles. The van der Waals surface area contributed by atoms with Crippen LogP contribution in [-0.2, 0) is 17.6 Å². The van der Waals surface area contributed by atoms with Gasteiger partial charge in [-0.2, -0.15) is 0 Å². The maximum absolute atomic E-state index is 12.2. The third-order valence-corrected chi connectivity index (χ3v) is 5.32. The van der Waals surface area contributed by atoms with Crippen LogP contribution < -0.4 is 10.6 Å². The van der Waals surface area contributed by atoms with Gasteiger partial charge in [-0.15, -0.1) is 24.0 Å². The maximum Gasteiger partial charge on any atom is 0.253 e. The van der Waals surface area contributed by atoms with E-state index in [0.717, 1.165) is 82.6 Å². The van der Waals surface area contributed by atoms with E-state index >= 15 is 0 Å². The fourth-order valence-electron chi connectivity index (χ4n) is 3.50. The van der Waals surface area contributed by atoms with E-state index in [1.807, 2.05) is 36.4 Å². The number of furan rings is 1. The van der Waals surface area contributed by atoms with E-state index in [4.69, 9.17) is 14.1 Å². The van der Waals surface area contributed by atoms with Crippen LogP contribution in [0, 0.1) is 0 Å². The van der Waals surface area contributed by atoms with Crippen molar-refractivity contribution in [3.63, 3.8) is 0 Å². The second kappa shape index (κ2) is 14.9. The zero-order valence-corrected chi connectivity index (χ0v) is 21.9. The quantitative estimate of drug-likeness (QED) is 0.260. The number of benzene rings is 1. The van der Waals surface area contributed by atoms with Crippen LogP contribution in [0.15, 0.2) is 52.1 Å². The summed E-state index contributed by atoms with van der Waals surface area (Å²) in [6, 6.07) is 11.7. The molecular formula is C24H36IN5O3. The summed E-state index contributed by atoms with van der Waals surface area (Å²) in [5.41, 5.74) is 1.83. The molecule has 1 saturated heterocycles. The molecule has 0 saturated carbocycles. The first-order valence-corrected chi connectivity index (χ1v) is 11.3. The number of ether oxygens (including phenoxy) is 1. The largest absolute Gasteiger partial charge is 0.469 e. The molecular weight excluding hydrogens is 533 g/mol. The molecule has 0 unspecified atom stereocenters. The number of hydrogen-bond donors (Lipinski definition) is 2. The molecule has 1 amide bonds. The molecule has 9 heteroatoms. The summed E-state index contributed by atoms with van der Waals surface area (Å²) in [6.45, 7) is 6.63. The predicted octanol–water partition coefficient (Wildman–Crippen LogP) is 2.25. The molecule has 182 valence electrons. The molecule has 1 fully saturated rings. The number of carbonyl (C=O) groups is 1. The highest BCUT2D eigenvalue weighted by atomic mass is 127. The average Bonchev–Trinajstić information content (AvgIpc) is 3.32. The Labute approximate surface area is 213 Å². The number of nitrogens with one attached hydrogen (secondary N) is 2. The lowest BCUT2D eigenvalue weighted by Crippen LogP contribution is -2.41. The van der Waals surface area contributed by atoms with E-state index in [0.29, 0.717) is 5.56 Å². The summed E-state index contributed by atoms with van der Waals surface area (Å²) in [7, 11) is 3.54. The monoisotopic (exact) mass is 569 g/mol. The Hall–Kier alpha value is -2.11. The highest BCUT2D eigenvalue weighted by Gasteiger charge is 2.10. The van der Waals surface area contributed by atoms with E-state index in [1.165, 1.54) is 0 Å². The summed E-state index contributed by atoms with van der Waals surface area (Å²) in [5.74, 6) is 1.77. The van der Waals surface area contributed by atoms with Crippen LogP contribution in [0.2, 0.25) is 0 Å². The summed E-state index contributed by atoms with van der Waals surface area (Å²) >= 11 is 0. The number of hydrogen-bond acceptors (Lipinski definition) is 5. The normalized spacial score (nSPS) is 14.4. The van der Waals surface area contributed by atoms with E-state index in [9.17, 15) is 4.79 Å². The number of morpholine rings is 1. The van der Waals surface area contributed by atoms with Crippen molar-refractivity contribution in [1.82, 2.24) is 20.4 Å². The van der Waals surface area contributed by atoms with Crippen molar-refractivity contribution in [3.05, 3.63) is 59.5 Å². The number of guanidine groups is 1. The number of carbonyl (C=O) groups excluding carboxylic acids is 1. The molecule has 2 aromatic rings. The minimum atomic E-state index is 0. The molecule has 1 aromatic carbocycles. The van der Waals surface area contributed by atoms with Crippen LogP contribution >= 0.6 is 24.0 Å². The average molecular weight is 569 g/mol. The van der Waals surface area contributed by atoms with Gasteiger partial charge >= 0.3 is 0 Å². The summed E-state index contributed by atoms with van der Waals surface area (Å²) in [4.78, 5) is 20.9. The van der Waals surface area contributed by atoms with Crippen LogP contribution in [-0.4, -0.2) is 88.2 Å². The van der Waals surface area contributed by atoms with Crippen LogP contribution in [0.1, 0.15) is 21.7 Å². The number of nitrogens with zero attached hydrogens (tertiary/aromatic N) is 3. The van der Waals surface area contributed by atoms with Crippen molar-refractivity contribution in [3.8, 4) is 0 Å². The molecule has 3 rings (SSSR count). The maximum atomic E-state index is 12.2. The molecule has 8 nitrogen and oxygen atoms in total. The zero-order valence-electron chi connectivity index (χ0n) is 19.6. The third-order valence-electron chi connectivity index (χ3n) is 5.32. The molecule has 0 bridgehead atoms. The van der Waals surface area contributed by atoms with Crippen LogP contribution in [0.3, 0.4) is 0 Å². The molecule has 0 aliphatic carbocycles. The van der Waals surface area contributed by atoms with Gasteiger partial charge in [0, 0.05) is 58.8 Å². The minimum absolute atomic E-state index is 0. The fraction of sp³-hybridized carbons (Fsp3) is 0.500. The third kappa shape index (κ3) is 9.73. The van der Waals surface area contributed by atoms with Gasteiger partial charge in [0.1, 0.15) is 5.76 Å². The van der Waals surface area contributed by atoms with Gasteiger partial charge in [0.05, 0.1) is 26.0 Å². The lowest BCUT2D eigenvalue weighted by atomic mass is 10.1. The van der Waals surface area contributed by atoms with Gasteiger partial charge in [-0.3, -0.25) is 14.7 Å². The van der Waals surface area contributed by atoms with Crippen molar-refractivity contribution >= 4 is 35.8 Å². The second-order valence-electron chi connectivity index (χ2n) is 8.02. The lowest BCUT2D eigenvalue weighted by Gasteiger charge is -2.25. The number of halogens is 1. The Balaban J connectivity index is 0.00000385. The lowest BCUT2D eigenvalue weighted by molar-refractivity contribution is 0.0394. The molecule has 2 N–H and O–H groups in total. The highest BCUT2D eigenvalue weighted by molar-refractivity contribution is 14.0. The first kappa shape index (κ1) is 27.1.